The molecule has 0 bridgehead atoms. The average Bonchev–Trinajstić information content (AvgIpc) is 3.11. The van der Waals surface area contributed by atoms with Gasteiger partial charge in [-0.2, -0.15) is 0 Å². The quantitative estimate of drug-likeness (QED) is 0.812. The van der Waals surface area contributed by atoms with Crippen LogP contribution in [0, 0.1) is 0 Å². The van der Waals surface area contributed by atoms with Crippen LogP contribution in [0.25, 0.3) is 6.08 Å². The highest BCUT2D eigenvalue weighted by molar-refractivity contribution is 5.95. The van der Waals surface area contributed by atoms with Crippen molar-refractivity contribution in [2.24, 2.45) is 0 Å². The molecule has 1 aliphatic heterocycles. The third kappa shape index (κ3) is 4.27. The topological polar surface area (TPSA) is 71.5 Å². The molecule has 0 aliphatic carbocycles. The van der Waals surface area contributed by atoms with E-state index in [2.05, 4.69) is 10.3 Å². The molecule has 3 rings (SSSR count). The van der Waals surface area contributed by atoms with Gasteiger partial charge in [0.05, 0.1) is 7.11 Å². The van der Waals surface area contributed by atoms with E-state index >= 15 is 0 Å². The maximum Gasteiger partial charge on any atom is 0.244 e. The Balaban J connectivity index is 1.55. The van der Waals surface area contributed by atoms with Gasteiger partial charge in [0.25, 0.3) is 0 Å². The largest absolute Gasteiger partial charge is 0.481 e. The van der Waals surface area contributed by atoms with Gasteiger partial charge in [-0.05, 0) is 36.3 Å². The van der Waals surface area contributed by atoms with Gasteiger partial charge in [0.15, 0.2) is 0 Å². The van der Waals surface area contributed by atoms with Crippen LogP contribution in [-0.2, 0) is 16.1 Å². The number of anilines is 1. The zero-order chi connectivity index (χ0) is 18.4. The molecule has 2 amide bonds. The van der Waals surface area contributed by atoms with Gasteiger partial charge in [-0.15, -0.1) is 0 Å². The summed E-state index contributed by atoms with van der Waals surface area (Å²) in [6.07, 6.45) is 6.39. The molecule has 0 unspecified atom stereocenters. The summed E-state index contributed by atoms with van der Waals surface area (Å²) >= 11 is 0. The molecule has 1 fully saturated rings. The second-order valence-electron chi connectivity index (χ2n) is 5.96. The Labute approximate surface area is 152 Å². The van der Waals surface area contributed by atoms with E-state index < -0.39 is 0 Å². The number of carbonyl (C=O) groups excluding carboxylic acids is 2. The summed E-state index contributed by atoms with van der Waals surface area (Å²) in [5.74, 6) is 0.469. The summed E-state index contributed by atoms with van der Waals surface area (Å²) < 4.78 is 5.16. The molecule has 1 aliphatic rings. The number of nitrogens with zero attached hydrogens (tertiary/aromatic N) is 2. The lowest BCUT2D eigenvalue weighted by atomic mass is 10.2. The minimum atomic E-state index is -0.199. The Morgan fingerprint density at radius 3 is 2.81 bits per heavy atom. The minimum Gasteiger partial charge on any atom is -0.481 e. The number of carbonyl (C=O) groups is 2. The number of benzene rings is 1. The molecule has 26 heavy (non-hydrogen) atoms. The minimum absolute atomic E-state index is 0.165. The standard InChI is InChI=1S/C20H21N3O3/c1-26-20-16(4-2-12-21-20)14-22-18(24)11-8-15-6-9-17(10-7-15)23-13-3-5-19(23)25/h2,4,6-12H,3,5,13-14H2,1H3,(H,22,24)/b11-8+. The first-order chi connectivity index (χ1) is 12.7. The van der Waals surface area contributed by atoms with Crippen molar-refractivity contribution in [3.8, 4) is 5.88 Å². The molecular weight excluding hydrogens is 330 g/mol. The third-order valence-electron chi connectivity index (χ3n) is 4.20. The second-order valence-corrected chi connectivity index (χ2v) is 5.96. The Morgan fingerprint density at radius 1 is 1.31 bits per heavy atom. The highest BCUT2D eigenvalue weighted by Crippen LogP contribution is 2.21. The predicted octanol–water partition coefficient (Wildman–Crippen LogP) is 2.55. The van der Waals surface area contributed by atoms with Crippen LogP contribution in [0.15, 0.2) is 48.7 Å². The number of hydrogen-bond donors (Lipinski definition) is 1. The van der Waals surface area contributed by atoms with Crippen LogP contribution in [-0.4, -0.2) is 30.5 Å². The van der Waals surface area contributed by atoms with Gasteiger partial charge in [0.1, 0.15) is 0 Å². The van der Waals surface area contributed by atoms with E-state index in [4.69, 9.17) is 4.74 Å². The SMILES string of the molecule is COc1ncccc1CNC(=O)/C=C/c1ccc(N2CCCC2=O)cc1. The first kappa shape index (κ1) is 17.7. The number of methoxy groups -OCH3 is 1. The fraction of sp³-hybridized carbons (Fsp3) is 0.250. The normalized spacial score (nSPS) is 14.0. The highest BCUT2D eigenvalue weighted by Gasteiger charge is 2.21. The van der Waals surface area contributed by atoms with Crippen molar-refractivity contribution in [1.82, 2.24) is 10.3 Å². The molecule has 0 spiro atoms. The van der Waals surface area contributed by atoms with Crippen LogP contribution in [0.5, 0.6) is 5.88 Å². The molecule has 0 radical (unpaired) electrons. The van der Waals surface area contributed by atoms with E-state index in [9.17, 15) is 9.59 Å². The molecular formula is C20H21N3O3. The van der Waals surface area contributed by atoms with E-state index in [1.165, 1.54) is 6.08 Å². The molecule has 134 valence electrons. The Hall–Kier alpha value is -3.15. The lowest BCUT2D eigenvalue weighted by Gasteiger charge is -2.15. The molecule has 6 nitrogen and oxygen atoms in total. The van der Waals surface area contributed by atoms with Crippen LogP contribution < -0.4 is 15.0 Å². The molecule has 0 saturated carbocycles. The summed E-state index contributed by atoms with van der Waals surface area (Å²) in [6.45, 7) is 1.12. The summed E-state index contributed by atoms with van der Waals surface area (Å²) in [6, 6.07) is 11.3. The van der Waals surface area contributed by atoms with Crippen molar-refractivity contribution >= 4 is 23.6 Å². The van der Waals surface area contributed by atoms with Crippen molar-refractivity contribution < 1.29 is 14.3 Å². The fourth-order valence-electron chi connectivity index (χ4n) is 2.84. The van der Waals surface area contributed by atoms with Crippen LogP contribution in [0.1, 0.15) is 24.0 Å². The van der Waals surface area contributed by atoms with Gasteiger partial charge in [0, 0.05) is 43.0 Å². The van der Waals surface area contributed by atoms with E-state index in [0.717, 1.165) is 29.8 Å². The van der Waals surface area contributed by atoms with Crippen molar-refractivity contribution in [1.29, 1.82) is 0 Å². The van der Waals surface area contributed by atoms with Gasteiger partial charge in [-0.3, -0.25) is 9.59 Å². The van der Waals surface area contributed by atoms with Gasteiger partial charge >= 0.3 is 0 Å². The number of hydrogen-bond acceptors (Lipinski definition) is 4. The van der Waals surface area contributed by atoms with Crippen LogP contribution in [0.2, 0.25) is 0 Å². The molecule has 1 N–H and O–H groups in total. The van der Waals surface area contributed by atoms with E-state index in [-0.39, 0.29) is 11.8 Å². The van der Waals surface area contributed by atoms with Crippen molar-refractivity contribution in [2.75, 3.05) is 18.6 Å². The zero-order valence-electron chi connectivity index (χ0n) is 14.6. The van der Waals surface area contributed by atoms with Gasteiger partial charge in [-0.25, -0.2) is 4.98 Å². The molecule has 1 saturated heterocycles. The maximum atomic E-state index is 12.0. The van der Waals surface area contributed by atoms with Crippen LogP contribution >= 0.6 is 0 Å². The predicted molar refractivity (Wildman–Crippen MR) is 99.7 cm³/mol. The van der Waals surface area contributed by atoms with E-state index in [1.807, 2.05) is 30.3 Å². The fourth-order valence-corrected chi connectivity index (χ4v) is 2.84. The number of aromatic nitrogens is 1. The summed E-state index contributed by atoms with van der Waals surface area (Å²) in [5, 5.41) is 2.81. The van der Waals surface area contributed by atoms with Crippen molar-refractivity contribution in [3.05, 3.63) is 59.8 Å². The molecule has 1 aromatic heterocycles. The number of nitrogens with one attached hydrogen (secondary N) is 1. The molecule has 0 atom stereocenters. The summed E-state index contributed by atoms with van der Waals surface area (Å²) in [7, 11) is 1.55. The monoisotopic (exact) mass is 351 g/mol. The Bertz CT molecular complexity index is 815. The summed E-state index contributed by atoms with van der Waals surface area (Å²) in [5.41, 5.74) is 2.61. The highest BCUT2D eigenvalue weighted by atomic mass is 16.5. The number of pyridine rings is 1. The average molecular weight is 351 g/mol. The van der Waals surface area contributed by atoms with Gasteiger partial charge < -0.3 is 15.0 Å². The van der Waals surface area contributed by atoms with Crippen molar-refractivity contribution in [3.63, 3.8) is 0 Å². The van der Waals surface area contributed by atoms with Crippen LogP contribution in [0.4, 0.5) is 5.69 Å². The lowest BCUT2D eigenvalue weighted by Crippen LogP contribution is -2.23. The lowest BCUT2D eigenvalue weighted by molar-refractivity contribution is -0.117. The molecule has 2 aromatic rings. The Kier molecular flexibility index (Phi) is 5.63. The van der Waals surface area contributed by atoms with Gasteiger partial charge in [0.2, 0.25) is 17.7 Å². The second kappa shape index (κ2) is 8.29. The zero-order valence-corrected chi connectivity index (χ0v) is 14.6. The first-order valence-electron chi connectivity index (χ1n) is 8.51. The number of amides is 2. The smallest absolute Gasteiger partial charge is 0.244 e. The number of ether oxygens (including phenoxy) is 1. The van der Waals surface area contributed by atoms with E-state index in [1.54, 1.807) is 30.3 Å². The first-order valence-corrected chi connectivity index (χ1v) is 8.51. The van der Waals surface area contributed by atoms with Gasteiger partial charge in [-0.1, -0.05) is 18.2 Å². The Morgan fingerprint density at radius 2 is 2.12 bits per heavy atom. The van der Waals surface area contributed by atoms with Crippen LogP contribution in [0.3, 0.4) is 0 Å². The van der Waals surface area contributed by atoms with Crippen molar-refractivity contribution in [2.45, 2.75) is 19.4 Å². The molecule has 1 aromatic carbocycles. The summed E-state index contributed by atoms with van der Waals surface area (Å²) in [4.78, 5) is 29.6. The maximum absolute atomic E-state index is 12.0. The number of rotatable bonds is 6. The molecule has 2 heterocycles. The van der Waals surface area contributed by atoms with E-state index in [0.29, 0.717) is 18.8 Å². The third-order valence-corrected chi connectivity index (χ3v) is 4.20. The molecule has 6 heteroatoms.